The van der Waals surface area contributed by atoms with Crippen LogP contribution in [0.2, 0.25) is 0 Å². The van der Waals surface area contributed by atoms with Crippen molar-refractivity contribution in [3.05, 3.63) is 59.7 Å². The third-order valence-electron chi connectivity index (χ3n) is 4.02. The van der Waals surface area contributed by atoms with Crippen LogP contribution < -0.4 is 4.74 Å². The zero-order valence-corrected chi connectivity index (χ0v) is 17.5. The first-order valence-electron chi connectivity index (χ1n) is 7.11. The summed E-state index contributed by atoms with van der Waals surface area (Å²) in [5, 5.41) is 9.56. The molecule has 0 spiro atoms. The summed E-state index contributed by atoms with van der Waals surface area (Å²) in [5.41, 5.74) is 1.95. The highest BCUT2D eigenvalue weighted by Crippen LogP contribution is 2.51. The van der Waals surface area contributed by atoms with Gasteiger partial charge >= 0.3 is 5.97 Å². The van der Waals surface area contributed by atoms with Crippen molar-refractivity contribution in [3.8, 4) is 11.5 Å². The molecule has 1 N–H and O–H groups in total. The van der Waals surface area contributed by atoms with Gasteiger partial charge in [0.05, 0.1) is 1.43 Å². The summed E-state index contributed by atoms with van der Waals surface area (Å²) in [4.78, 5) is 11.1. The maximum Gasteiger partial charge on any atom is 0.308 e. The van der Waals surface area contributed by atoms with E-state index in [1.54, 1.807) is 12.1 Å². The number of benzene rings is 2. The van der Waals surface area contributed by atoms with Crippen molar-refractivity contribution in [1.82, 2.24) is 0 Å². The number of carbonyl (C=O) groups excluding carboxylic acids is 1. The number of ether oxygens (including phenoxy) is 1. The lowest BCUT2D eigenvalue weighted by Crippen LogP contribution is -2.38. The summed E-state index contributed by atoms with van der Waals surface area (Å²) in [5.74, 6) is 0.467. The second-order valence-corrected chi connectivity index (χ2v) is 12.1. The molecule has 2 aromatic rings. The van der Waals surface area contributed by atoms with Gasteiger partial charge in [0.15, 0.2) is 0 Å². The molecule has 0 radical (unpaired) electrons. The first-order chi connectivity index (χ1) is 10.6. The number of esters is 1. The largest absolute Gasteiger partial charge is 0.508 e. The third kappa shape index (κ3) is 3.99. The molecule has 2 rings (SSSR count). The highest BCUT2D eigenvalue weighted by atomic mass is 127. The van der Waals surface area contributed by atoms with Gasteiger partial charge in [-0.05, 0) is 49.2 Å². The van der Waals surface area contributed by atoms with Gasteiger partial charge < -0.3 is 9.84 Å². The Morgan fingerprint density at radius 1 is 0.957 bits per heavy atom. The van der Waals surface area contributed by atoms with E-state index in [1.807, 2.05) is 36.4 Å². The van der Waals surface area contributed by atoms with Gasteiger partial charge in [0.1, 0.15) is 11.5 Å². The lowest BCUT2D eigenvalue weighted by atomic mass is 9.74. The van der Waals surface area contributed by atoms with E-state index >= 15 is 0 Å². The Morgan fingerprint density at radius 2 is 1.39 bits per heavy atom. The maximum atomic E-state index is 11.1. The van der Waals surface area contributed by atoms with E-state index in [-0.39, 0.29) is 18.6 Å². The molecule has 0 aromatic heterocycles. The highest BCUT2D eigenvalue weighted by Gasteiger charge is 2.43. The van der Waals surface area contributed by atoms with E-state index in [9.17, 15) is 9.90 Å². The van der Waals surface area contributed by atoms with Crippen LogP contribution in [-0.2, 0) is 10.2 Å². The summed E-state index contributed by atoms with van der Waals surface area (Å²) in [7, 11) is 0. The Morgan fingerprint density at radius 3 is 1.78 bits per heavy atom. The molecule has 0 heterocycles. The number of phenols is 1. The number of alkyl halides is 2. The number of phenolic OH excluding ortho intramolecular Hbond substituents is 1. The van der Waals surface area contributed by atoms with Gasteiger partial charge in [0, 0.05) is 12.3 Å². The average Bonchev–Trinajstić information content (AvgIpc) is 2.46. The first kappa shape index (κ1) is 18.5. The van der Waals surface area contributed by atoms with Gasteiger partial charge in [-0.25, -0.2) is 0 Å². The monoisotopic (exact) mass is 536 g/mol. The minimum Gasteiger partial charge on any atom is -0.508 e. The zero-order valence-electron chi connectivity index (χ0n) is 13.1. The summed E-state index contributed by atoms with van der Waals surface area (Å²) in [6.07, 6.45) is 0. The van der Waals surface area contributed by atoms with Crippen molar-refractivity contribution in [1.29, 1.82) is 0 Å². The quantitative estimate of drug-likeness (QED) is 0.253. The van der Waals surface area contributed by atoms with Crippen molar-refractivity contribution in [3.63, 3.8) is 0 Å². The normalized spacial score (nSPS) is 14.1. The predicted octanol–water partition coefficient (Wildman–Crippen LogP) is 5.21. The number of halogens is 2. The average molecular weight is 536 g/mol. The Bertz CT molecular complexity index is 688. The molecule has 3 nitrogen and oxygen atoms in total. The molecule has 0 aliphatic heterocycles. The maximum absolute atomic E-state index is 11.1. The molecular weight excluding hydrogens is 518 g/mol. The van der Waals surface area contributed by atoms with Crippen LogP contribution in [0.25, 0.3) is 0 Å². The summed E-state index contributed by atoms with van der Waals surface area (Å²) < 4.78 is 5.00. The SMILES string of the molecule is CC(=O)Oc1ccc(C(C)(c2ccc(O)cc2)C(C)(I)I)cc1. The molecule has 5 heteroatoms. The zero-order chi connectivity index (χ0) is 17.3. The predicted molar refractivity (Wildman–Crippen MR) is 109 cm³/mol. The van der Waals surface area contributed by atoms with Gasteiger partial charge in [0.2, 0.25) is 0 Å². The van der Waals surface area contributed by atoms with Crippen molar-refractivity contribution in [2.75, 3.05) is 0 Å². The van der Waals surface area contributed by atoms with E-state index in [1.165, 1.54) is 6.92 Å². The fraction of sp³-hybridized carbons (Fsp3) is 0.278. The second kappa shape index (κ2) is 6.96. The van der Waals surface area contributed by atoms with Gasteiger partial charge in [-0.15, -0.1) is 0 Å². The van der Waals surface area contributed by atoms with Gasteiger partial charge in [-0.3, -0.25) is 4.79 Å². The molecule has 1 atom stereocenters. The number of hydrogen-bond acceptors (Lipinski definition) is 3. The van der Waals surface area contributed by atoms with Crippen LogP contribution in [0.4, 0.5) is 0 Å². The fourth-order valence-corrected chi connectivity index (χ4v) is 3.74. The Balaban J connectivity index is 2.51. The van der Waals surface area contributed by atoms with Gasteiger partial charge in [-0.2, -0.15) is 0 Å². The van der Waals surface area contributed by atoms with E-state index in [4.69, 9.17) is 4.74 Å². The third-order valence-corrected chi connectivity index (χ3v) is 6.17. The second-order valence-electron chi connectivity index (χ2n) is 5.68. The minimum absolute atomic E-state index is 0.109. The van der Waals surface area contributed by atoms with Gasteiger partial charge in [-0.1, -0.05) is 69.4 Å². The van der Waals surface area contributed by atoms with E-state index in [0.29, 0.717) is 5.75 Å². The Kier molecular flexibility index (Phi) is 5.60. The van der Waals surface area contributed by atoms with Crippen molar-refractivity contribution < 1.29 is 14.6 Å². The molecule has 0 fully saturated rings. The van der Waals surface area contributed by atoms with Crippen LogP contribution >= 0.6 is 45.2 Å². The molecule has 0 bridgehead atoms. The molecule has 0 aliphatic carbocycles. The summed E-state index contributed by atoms with van der Waals surface area (Å²) >= 11 is 4.88. The van der Waals surface area contributed by atoms with Crippen LogP contribution in [0.3, 0.4) is 0 Å². The van der Waals surface area contributed by atoms with Gasteiger partial charge in [0.25, 0.3) is 0 Å². The van der Waals surface area contributed by atoms with Crippen molar-refractivity contribution in [2.24, 2.45) is 0 Å². The highest BCUT2D eigenvalue weighted by molar-refractivity contribution is 14.2. The molecule has 0 aliphatic rings. The first-order valence-corrected chi connectivity index (χ1v) is 9.26. The Hall–Kier alpha value is -0.830. The minimum atomic E-state index is -0.327. The van der Waals surface area contributed by atoms with Crippen LogP contribution in [-0.4, -0.2) is 12.5 Å². The van der Waals surface area contributed by atoms with Crippen LogP contribution in [0, 0.1) is 0 Å². The molecule has 1 unspecified atom stereocenters. The fourth-order valence-electron chi connectivity index (χ4n) is 2.49. The van der Waals surface area contributed by atoms with Crippen LogP contribution in [0.15, 0.2) is 48.5 Å². The molecule has 2 aromatic carbocycles. The van der Waals surface area contributed by atoms with E-state index in [2.05, 4.69) is 59.0 Å². The molecular formula is C18H18I2O3. The topological polar surface area (TPSA) is 46.5 Å². The molecule has 0 saturated heterocycles. The van der Waals surface area contributed by atoms with Crippen molar-refractivity contribution in [2.45, 2.75) is 27.6 Å². The van der Waals surface area contributed by atoms with Crippen molar-refractivity contribution >= 4 is 51.2 Å². The summed E-state index contributed by atoms with van der Waals surface area (Å²) in [6.45, 7) is 5.74. The van der Waals surface area contributed by atoms with Crippen LogP contribution in [0.1, 0.15) is 31.9 Å². The van der Waals surface area contributed by atoms with E-state index in [0.717, 1.165) is 11.1 Å². The summed E-state index contributed by atoms with van der Waals surface area (Å²) in [6, 6.07) is 14.9. The van der Waals surface area contributed by atoms with E-state index < -0.39 is 0 Å². The Labute approximate surface area is 163 Å². The molecule has 23 heavy (non-hydrogen) atoms. The number of hydrogen-bond donors (Lipinski definition) is 1. The number of carbonyl (C=O) groups is 1. The number of rotatable bonds is 4. The standard InChI is InChI=1S/C18H18I2O3/c1-12(21)23-16-10-6-14(7-11-16)17(2,18(3,19)20)13-4-8-15(22)9-5-13/h4-11,22H,1-3H3. The number of aromatic hydroxyl groups is 1. The lowest BCUT2D eigenvalue weighted by molar-refractivity contribution is -0.131. The molecule has 122 valence electrons. The lowest BCUT2D eigenvalue weighted by Gasteiger charge is -2.40. The smallest absolute Gasteiger partial charge is 0.308 e. The molecule has 0 saturated carbocycles. The molecule has 0 amide bonds. The van der Waals surface area contributed by atoms with Crippen LogP contribution in [0.5, 0.6) is 11.5 Å².